The number of carbonyl (C=O) groups is 1. The number of benzene rings is 1. The lowest BCUT2D eigenvalue weighted by atomic mass is 9.79. The SMILES string of the molecule is CC(C)(C)c1cc(C(=O)NC2CCC3OCCOC3C2)cc(C(C)(C)C)c1. The summed E-state index contributed by atoms with van der Waals surface area (Å²) in [5.74, 6) is 0.0202. The molecule has 1 saturated carbocycles. The third kappa shape index (κ3) is 4.91. The maximum absolute atomic E-state index is 13.0. The van der Waals surface area contributed by atoms with E-state index in [1.165, 1.54) is 11.1 Å². The second-order valence-corrected chi connectivity index (χ2v) is 10.1. The molecule has 1 amide bonds. The van der Waals surface area contributed by atoms with Crippen LogP contribution in [-0.2, 0) is 20.3 Å². The summed E-state index contributed by atoms with van der Waals surface area (Å²) in [4.78, 5) is 13.0. The van der Waals surface area contributed by atoms with E-state index in [-0.39, 0.29) is 35.0 Å². The fourth-order valence-electron chi connectivity index (χ4n) is 3.89. The molecule has 27 heavy (non-hydrogen) atoms. The minimum atomic E-state index is 0.00161. The Bertz CT molecular complexity index is 652. The highest BCUT2D eigenvalue weighted by Gasteiger charge is 2.35. The second-order valence-electron chi connectivity index (χ2n) is 10.1. The number of nitrogens with one attached hydrogen (secondary N) is 1. The quantitative estimate of drug-likeness (QED) is 0.838. The predicted octanol–water partition coefficient (Wildman–Crippen LogP) is 4.35. The van der Waals surface area contributed by atoms with E-state index >= 15 is 0 Å². The van der Waals surface area contributed by atoms with Crippen LogP contribution in [0.4, 0.5) is 0 Å². The minimum Gasteiger partial charge on any atom is -0.373 e. The average molecular weight is 374 g/mol. The third-order valence-corrected chi connectivity index (χ3v) is 5.74. The summed E-state index contributed by atoms with van der Waals surface area (Å²) in [5.41, 5.74) is 3.17. The molecule has 0 spiro atoms. The molecule has 1 saturated heterocycles. The van der Waals surface area contributed by atoms with E-state index in [0.29, 0.717) is 13.2 Å². The molecule has 1 aliphatic carbocycles. The van der Waals surface area contributed by atoms with Gasteiger partial charge in [-0.3, -0.25) is 4.79 Å². The number of carbonyl (C=O) groups excluding carboxylic acids is 1. The van der Waals surface area contributed by atoms with Gasteiger partial charge in [-0.05, 0) is 53.4 Å². The monoisotopic (exact) mass is 373 g/mol. The van der Waals surface area contributed by atoms with Crippen LogP contribution in [0.1, 0.15) is 82.3 Å². The molecule has 1 aromatic carbocycles. The maximum Gasteiger partial charge on any atom is 0.251 e. The molecule has 0 aromatic heterocycles. The van der Waals surface area contributed by atoms with Gasteiger partial charge in [-0.15, -0.1) is 0 Å². The van der Waals surface area contributed by atoms with Crippen LogP contribution in [0.15, 0.2) is 18.2 Å². The maximum atomic E-state index is 13.0. The Balaban J connectivity index is 1.77. The molecule has 3 rings (SSSR count). The van der Waals surface area contributed by atoms with Gasteiger partial charge in [-0.2, -0.15) is 0 Å². The summed E-state index contributed by atoms with van der Waals surface area (Å²) in [6.07, 6.45) is 3.04. The Kier molecular flexibility index (Phi) is 5.69. The lowest BCUT2D eigenvalue weighted by molar-refractivity contribution is -0.157. The topological polar surface area (TPSA) is 47.6 Å². The van der Waals surface area contributed by atoms with Crippen LogP contribution >= 0.6 is 0 Å². The molecule has 0 radical (unpaired) electrons. The fourth-order valence-corrected chi connectivity index (χ4v) is 3.89. The van der Waals surface area contributed by atoms with E-state index in [1.54, 1.807) is 0 Å². The van der Waals surface area contributed by atoms with Gasteiger partial charge in [-0.1, -0.05) is 47.6 Å². The van der Waals surface area contributed by atoms with Crippen molar-refractivity contribution >= 4 is 5.91 Å². The summed E-state index contributed by atoms with van der Waals surface area (Å²) in [7, 11) is 0. The van der Waals surface area contributed by atoms with Crippen LogP contribution in [0.3, 0.4) is 0 Å². The first-order valence-electron chi connectivity index (χ1n) is 10.2. The highest BCUT2D eigenvalue weighted by atomic mass is 16.6. The summed E-state index contributed by atoms with van der Waals surface area (Å²) in [6.45, 7) is 14.5. The van der Waals surface area contributed by atoms with Gasteiger partial charge < -0.3 is 14.8 Å². The zero-order chi connectivity index (χ0) is 19.8. The van der Waals surface area contributed by atoms with Gasteiger partial charge in [0.1, 0.15) is 0 Å². The van der Waals surface area contributed by atoms with Gasteiger partial charge in [0.15, 0.2) is 0 Å². The predicted molar refractivity (Wildman–Crippen MR) is 108 cm³/mol. The summed E-state index contributed by atoms with van der Waals surface area (Å²) in [5, 5.41) is 3.25. The summed E-state index contributed by atoms with van der Waals surface area (Å²) < 4.78 is 11.6. The van der Waals surface area contributed by atoms with Crippen molar-refractivity contribution < 1.29 is 14.3 Å². The molecule has 2 aliphatic rings. The largest absolute Gasteiger partial charge is 0.373 e. The van der Waals surface area contributed by atoms with Gasteiger partial charge in [-0.25, -0.2) is 0 Å². The lowest BCUT2D eigenvalue weighted by Crippen LogP contribution is -2.49. The van der Waals surface area contributed by atoms with E-state index in [9.17, 15) is 4.79 Å². The first kappa shape index (κ1) is 20.3. The fraction of sp³-hybridized carbons (Fsp3) is 0.696. The number of hydrogen-bond donors (Lipinski definition) is 1. The molecule has 150 valence electrons. The van der Waals surface area contributed by atoms with Crippen molar-refractivity contribution in [3.8, 4) is 0 Å². The number of ether oxygens (including phenoxy) is 2. The standard InChI is InChI=1S/C23H35NO3/c1-22(2,3)16-11-15(12-17(13-16)23(4,5)6)21(25)24-18-7-8-19-20(14-18)27-10-9-26-19/h11-13,18-20H,7-10,14H2,1-6H3,(H,24,25). The Morgan fingerprint density at radius 2 is 1.44 bits per heavy atom. The van der Waals surface area contributed by atoms with Crippen molar-refractivity contribution in [1.29, 1.82) is 0 Å². The van der Waals surface area contributed by atoms with Crippen molar-refractivity contribution in [2.24, 2.45) is 0 Å². The molecule has 1 aliphatic heterocycles. The average Bonchev–Trinajstić information content (AvgIpc) is 2.59. The molecule has 2 fully saturated rings. The third-order valence-electron chi connectivity index (χ3n) is 5.74. The van der Waals surface area contributed by atoms with Gasteiger partial charge in [0.25, 0.3) is 5.91 Å². The van der Waals surface area contributed by atoms with Crippen LogP contribution in [0.25, 0.3) is 0 Å². The summed E-state index contributed by atoms with van der Waals surface area (Å²) >= 11 is 0. The van der Waals surface area contributed by atoms with E-state index in [0.717, 1.165) is 24.8 Å². The van der Waals surface area contributed by atoms with Gasteiger partial charge in [0.2, 0.25) is 0 Å². The minimum absolute atomic E-state index is 0.00161. The number of rotatable bonds is 2. The Hall–Kier alpha value is -1.39. The van der Waals surface area contributed by atoms with Crippen molar-refractivity contribution in [2.45, 2.75) is 89.9 Å². The van der Waals surface area contributed by atoms with Crippen LogP contribution in [0, 0.1) is 0 Å². The van der Waals surface area contributed by atoms with Crippen LogP contribution in [0.2, 0.25) is 0 Å². The van der Waals surface area contributed by atoms with Crippen molar-refractivity contribution in [3.63, 3.8) is 0 Å². The highest BCUT2D eigenvalue weighted by Crippen LogP contribution is 2.31. The molecular weight excluding hydrogens is 338 g/mol. The number of amides is 1. The molecule has 0 bridgehead atoms. The zero-order valence-corrected chi connectivity index (χ0v) is 17.7. The second kappa shape index (κ2) is 7.56. The number of hydrogen-bond acceptors (Lipinski definition) is 3. The van der Waals surface area contributed by atoms with E-state index in [4.69, 9.17) is 9.47 Å². The van der Waals surface area contributed by atoms with Crippen LogP contribution < -0.4 is 5.32 Å². The van der Waals surface area contributed by atoms with E-state index < -0.39 is 0 Å². The first-order valence-corrected chi connectivity index (χ1v) is 10.2. The molecule has 1 N–H and O–H groups in total. The van der Waals surface area contributed by atoms with Crippen LogP contribution in [0.5, 0.6) is 0 Å². The normalized spacial score (nSPS) is 26.4. The van der Waals surface area contributed by atoms with Crippen molar-refractivity contribution in [2.75, 3.05) is 13.2 Å². The Morgan fingerprint density at radius 3 is 2.00 bits per heavy atom. The molecule has 1 aromatic rings. The lowest BCUT2D eigenvalue weighted by Gasteiger charge is -2.39. The van der Waals surface area contributed by atoms with Gasteiger partial charge >= 0.3 is 0 Å². The first-order chi connectivity index (χ1) is 12.5. The van der Waals surface area contributed by atoms with Gasteiger partial charge in [0, 0.05) is 11.6 Å². The smallest absolute Gasteiger partial charge is 0.251 e. The molecule has 3 unspecified atom stereocenters. The molecular formula is C23H35NO3. The zero-order valence-electron chi connectivity index (χ0n) is 17.7. The summed E-state index contributed by atoms with van der Waals surface area (Å²) in [6, 6.07) is 6.50. The number of fused-ring (bicyclic) bond motifs is 1. The van der Waals surface area contributed by atoms with E-state index in [1.807, 2.05) is 0 Å². The Morgan fingerprint density at radius 1 is 0.889 bits per heavy atom. The van der Waals surface area contributed by atoms with E-state index in [2.05, 4.69) is 65.1 Å². The molecule has 4 nitrogen and oxygen atoms in total. The highest BCUT2D eigenvalue weighted by molar-refractivity contribution is 5.95. The molecule has 3 atom stereocenters. The Labute approximate surface area is 164 Å². The molecule has 1 heterocycles. The van der Waals surface area contributed by atoms with Crippen LogP contribution in [-0.4, -0.2) is 37.4 Å². The van der Waals surface area contributed by atoms with Crippen molar-refractivity contribution in [1.82, 2.24) is 5.32 Å². The van der Waals surface area contributed by atoms with Gasteiger partial charge in [0.05, 0.1) is 25.4 Å². The van der Waals surface area contributed by atoms with Crippen molar-refractivity contribution in [3.05, 3.63) is 34.9 Å². The molecule has 4 heteroatoms.